The molecule has 3 heteroatoms. The van der Waals surface area contributed by atoms with Crippen LogP contribution in [0.1, 0.15) is 20.8 Å². The molecule has 0 spiro atoms. The van der Waals surface area contributed by atoms with Gasteiger partial charge in [-0.3, -0.25) is 4.79 Å². The number of hydrogen-bond acceptors (Lipinski definition) is 2. The molecule has 2 rings (SSSR count). The number of carbonyl (C=O) groups excluding carboxylic acids is 1. The third-order valence-corrected chi connectivity index (χ3v) is 3.37. The number of carbonyl (C=O) groups is 1. The number of methoxy groups -OCH3 is 1. The van der Waals surface area contributed by atoms with Gasteiger partial charge in [0.05, 0.1) is 7.11 Å². The zero-order valence-electron chi connectivity index (χ0n) is 13.0. The largest absolute Gasteiger partial charge is 0.496 e. The first kappa shape index (κ1) is 15.1. The fourth-order valence-corrected chi connectivity index (χ4v) is 2.30. The maximum absolute atomic E-state index is 11.4. The highest BCUT2D eigenvalue weighted by atomic mass is 16.5. The fourth-order valence-electron chi connectivity index (χ4n) is 2.30. The molecule has 0 N–H and O–H groups in total. The van der Waals surface area contributed by atoms with E-state index in [-0.39, 0.29) is 5.54 Å². The predicted octanol–water partition coefficient (Wildman–Crippen LogP) is 4.12. The second kappa shape index (κ2) is 6.00. The summed E-state index contributed by atoms with van der Waals surface area (Å²) in [7, 11) is 1.66. The predicted molar refractivity (Wildman–Crippen MR) is 86.7 cm³/mol. The average Bonchev–Trinajstić information content (AvgIpc) is 2.47. The van der Waals surface area contributed by atoms with E-state index in [1.165, 1.54) is 0 Å². The van der Waals surface area contributed by atoms with Crippen molar-refractivity contribution in [2.75, 3.05) is 12.0 Å². The molecule has 2 aromatic carbocycles. The lowest BCUT2D eigenvalue weighted by Crippen LogP contribution is -2.40. The van der Waals surface area contributed by atoms with Gasteiger partial charge in [-0.05, 0) is 44.5 Å². The Kier molecular flexibility index (Phi) is 4.32. The van der Waals surface area contributed by atoms with E-state index in [4.69, 9.17) is 4.74 Å². The average molecular weight is 283 g/mol. The maximum Gasteiger partial charge on any atom is 0.214 e. The van der Waals surface area contributed by atoms with E-state index in [1.807, 2.05) is 69.3 Å². The van der Waals surface area contributed by atoms with Gasteiger partial charge in [0, 0.05) is 16.8 Å². The summed E-state index contributed by atoms with van der Waals surface area (Å²) in [6, 6.07) is 15.8. The molecule has 0 saturated heterocycles. The molecule has 0 aliphatic carbocycles. The molecule has 0 heterocycles. The van der Waals surface area contributed by atoms with Crippen LogP contribution < -0.4 is 9.64 Å². The van der Waals surface area contributed by atoms with Crippen LogP contribution in [0.2, 0.25) is 0 Å². The maximum atomic E-state index is 11.4. The van der Waals surface area contributed by atoms with E-state index in [2.05, 4.69) is 0 Å². The number of ether oxygens (including phenoxy) is 1. The topological polar surface area (TPSA) is 29.5 Å². The molecular formula is C18H21NO2. The van der Waals surface area contributed by atoms with E-state index in [1.54, 1.807) is 12.0 Å². The molecule has 0 radical (unpaired) electrons. The van der Waals surface area contributed by atoms with Crippen molar-refractivity contribution < 1.29 is 9.53 Å². The van der Waals surface area contributed by atoms with Gasteiger partial charge in [0.2, 0.25) is 6.41 Å². The Balaban J connectivity index is 2.55. The van der Waals surface area contributed by atoms with Crippen LogP contribution in [-0.2, 0) is 4.79 Å². The van der Waals surface area contributed by atoms with E-state index >= 15 is 0 Å². The minimum atomic E-state index is -0.274. The molecule has 3 nitrogen and oxygen atoms in total. The SMILES string of the molecule is COc1ccc(N(C=O)C(C)(C)C)cc1-c1ccccc1. The Bertz CT molecular complexity index is 615. The van der Waals surface area contributed by atoms with Crippen molar-refractivity contribution in [1.29, 1.82) is 0 Å². The molecule has 2 aromatic rings. The summed E-state index contributed by atoms with van der Waals surface area (Å²) in [6.45, 7) is 6.02. The number of amides is 1. The van der Waals surface area contributed by atoms with Crippen molar-refractivity contribution >= 4 is 12.1 Å². The summed E-state index contributed by atoms with van der Waals surface area (Å²) in [5.41, 5.74) is 2.63. The molecule has 0 bridgehead atoms. The van der Waals surface area contributed by atoms with Gasteiger partial charge in [-0.25, -0.2) is 0 Å². The Morgan fingerprint density at radius 3 is 2.24 bits per heavy atom. The van der Waals surface area contributed by atoms with Crippen LogP contribution in [0.5, 0.6) is 5.75 Å². The minimum absolute atomic E-state index is 0.274. The highest BCUT2D eigenvalue weighted by Gasteiger charge is 2.22. The molecule has 0 atom stereocenters. The van der Waals surface area contributed by atoms with Gasteiger partial charge in [0.1, 0.15) is 5.75 Å². The molecular weight excluding hydrogens is 262 g/mol. The van der Waals surface area contributed by atoms with Gasteiger partial charge in [0.25, 0.3) is 0 Å². The number of anilines is 1. The van der Waals surface area contributed by atoms with Gasteiger partial charge in [-0.15, -0.1) is 0 Å². The molecule has 0 aliphatic rings. The molecule has 1 amide bonds. The lowest BCUT2D eigenvalue weighted by molar-refractivity contribution is -0.108. The summed E-state index contributed by atoms with van der Waals surface area (Å²) < 4.78 is 5.45. The van der Waals surface area contributed by atoms with Crippen molar-refractivity contribution in [2.45, 2.75) is 26.3 Å². The van der Waals surface area contributed by atoms with Crippen LogP contribution in [0.15, 0.2) is 48.5 Å². The molecule has 0 aromatic heterocycles. The number of rotatable bonds is 4. The third kappa shape index (κ3) is 3.24. The first-order valence-corrected chi connectivity index (χ1v) is 6.95. The number of nitrogens with zero attached hydrogens (tertiary/aromatic N) is 1. The highest BCUT2D eigenvalue weighted by Crippen LogP contribution is 2.35. The van der Waals surface area contributed by atoms with Crippen molar-refractivity contribution in [3.05, 3.63) is 48.5 Å². The lowest BCUT2D eigenvalue weighted by Gasteiger charge is -2.32. The minimum Gasteiger partial charge on any atom is -0.496 e. The molecule has 110 valence electrons. The Labute approximate surface area is 126 Å². The normalized spacial score (nSPS) is 11.0. The molecule has 0 saturated carbocycles. The summed E-state index contributed by atoms with van der Waals surface area (Å²) >= 11 is 0. The molecule has 0 unspecified atom stereocenters. The quantitative estimate of drug-likeness (QED) is 0.790. The van der Waals surface area contributed by atoms with Crippen molar-refractivity contribution in [3.8, 4) is 16.9 Å². The van der Waals surface area contributed by atoms with Crippen LogP contribution in [0, 0.1) is 0 Å². The summed E-state index contributed by atoms with van der Waals surface area (Å²) in [5.74, 6) is 0.796. The van der Waals surface area contributed by atoms with Gasteiger partial charge < -0.3 is 9.64 Å². The summed E-state index contributed by atoms with van der Waals surface area (Å²) in [5, 5.41) is 0. The summed E-state index contributed by atoms with van der Waals surface area (Å²) in [6.07, 6.45) is 0.872. The second-order valence-corrected chi connectivity index (χ2v) is 5.90. The van der Waals surface area contributed by atoms with E-state index in [0.717, 1.165) is 29.0 Å². The van der Waals surface area contributed by atoms with Gasteiger partial charge in [-0.1, -0.05) is 30.3 Å². The van der Waals surface area contributed by atoms with Crippen molar-refractivity contribution in [3.63, 3.8) is 0 Å². The third-order valence-electron chi connectivity index (χ3n) is 3.37. The standard InChI is InChI=1S/C18H21NO2/c1-18(2,3)19(13-20)15-10-11-17(21-4)16(12-15)14-8-6-5-7-9-14/h5-13H,1-4H3. The fraction of sp³-hybridized carbons (Fsp3) is 0.278. The monoisotopic (exact) mass is 283 g/mol. The van der Waals surface area contributed by atoms with Crippen LogP contribution in [0.3, 0.4) is 0 Å². The van der Waals surface area contributed by atoms with Crippen LogP contribution in [-0.4, -0.2) is 19.1 Å². The summed E-state index contributed by atoms with van der Waals surface area (Å²) in [4.78, 5) is 13.2. The van der Waals surface area contributed by atoms with Gasteiger partial charge in [0.15, 0.2) is 0 Å². The van der Waals surface area contributed by atoms with Crippen LogP contribution in [0.25, 0.3) is 11.1 Å². The lowest BCUT2D eigenvalue weighted by atomic mass is 10.0. The highest BCUT2D eigenvalue weighted by molar-refractivity contribution is 5.82. The number of hydrogen-bond donors (Lipinski definition) is 0. The number of benzene rings is 2. The Morgan fingerprint density at radius 1 is 1.05 bits per heavy atom. The Hall–Kier alpha value is -2.29. The smallest absolute Gasteiger partial charge is 0.214 e. The molecule has 0 aliphatic heterocycles. The zero-order valence-corrected chi connectivity index (χ0v) is 13.0. The first-order valence-electron chi connectivity index (χ1n) is 6.95. The second-order valence-electron chi connectivity index (χ2n) is 5.90. The first-order chi connectivity index (χ1) is 9.97. The van der Waals surface area contributed by atoms with E-state index in [0.29, 0.717) is 0 Å². The Morgan fingerprint density at radius 2 is 1.71 bits per heavy atom. The van der Waals surface area contributed by atoms with Crippen LogP contribution in [0.4, 0.5) is 5.69 Å². The molecule has 0 fully saturated rings. The van der Waals surface area contributed by atoms with Crippen molar-refractivity contribution in [1.82, 2.24) is 0 Å². The van der Waals surface area contributed by atoms with Crippen molar-refractivity contribution in [2.24, 2.45) is 0 Å². The van der Waals surface area contributed by atoms with Crippen LogP contribution >= 0.6 is 0 Å². The zero-order chi connectivity index (χ0) is 15.5. The molecule has 21 heavy (non-hydrogen) atoms. The van der Waals surface area contributed by atoms with Gasteiger partial charge in [-0.2, -0.15) is 0 Å². The van der Waals surface area contributed by atoms with E-state index in [9.17, 15) is 4.79 Å². The van der Waals surface area contributed by atoms with Gasteiger partial charge >= 0.3 is 0 Å². The van der Waals surface area contributed by atoms with E-state index < -0.39 is 0 Å².